The molecule has 0 N–H and O–H groups in total. The molecule has 0 saturated heterocycles. The van der Waals surface area contributed by atoms with Crippen molar-refractivity contribution in [3.63, 3.8) is 0 Å². The predicted octanol–water partition coefficient (Wildman–Crippen LogP) is 3.31. The lowest BCUT2D eigenvalue weighted by Crippen LogP contribution is -2.26. The van der Waals surface area contributed by atoms with Crippen molar-refractivity contribution in [1.29, 1.82) is 0 Å². The van der Waals surface area contributed by atoms with Crippen molar-refractivity contribution in [2.75, 3.05) is 25.7 Å². The van der Waals surface area contributed by atoms with Gasteiger partial charge in [-0.15, -0.1) is 0 Å². The molecule has 1 heterocycles. The van der Waals surface area contributed by atoms with E-state index in [1.165, 1.54) is 5.56 Å². The summed E-state index contributed by atoms with van der Waals surface area (Å²) in [7, 11) is 3.21. The van der Waals surface area contributed by atoms with Crippen LogP contribution in [-0.2, 0) is 11.2 Å². The SMILES string of the molecule is COc1cc(C=CC(=O)N2CCc3ccccc32)cc(OC)c1. The normalized spacial score (nSPS) is 13.2. The lowest BCUT2D eigenvalue weighted by atomic mass is 10.1. The van der Waals surface area contributed by atoms with Crippen molar-refractivity contribution >= 4 is 17.7 Å². The van der Waals surface area contributed by atoms with Gasteiger partial charge in [-0.3, -0.25) is 4.79 Å². The molecule has 0 saturated carbocycles. The predicted molar refractivity (Wildman–Crippen MR) is 91.1 cm³/mol. The third-order valence-corrected chi connectivity index (χ3v) is 3.95. The molecule has 23 heavy (non-hydrogen) atoms. The van der Waals surface area contributed by atoms with Crippen LogP contribution < -0.4 is 14.4 Å². The van der Waals surface area contributed by atoms with Crippen LogP contribution in [0.1, 0.15) is 11.1 Å². The molecule has 0 bridgehead atoms. The van der Waals surface area contributed by atoms with Crippen molar-refractivity contribution in [2.45, 2.75) is 6.42 Å². The van der Waals surface area contributed by atoms with E-state index in [9.17, 15) is 4.79 Å². The highest BCUT2D eigenvalue weighted by atomic mass is 16.5. The molecule has 3 rings (SSSR count). The monoisotopic (exact) mass is 309 g/mol. The highest BCUT2D eigenvalue weighted by Gasteiger charge is 2.22. The van der Waals surface area contributed by atoms with Gasteiger partial charge in [0.05, 0.1) is 14.2 Å². The Labute approximate surface area is 135 Å². The van der Waals surface area contributed by atoms with E-state index in [4.69, 9.17) is 9.47 Å². The van der Waals surface area contributed by atoms with E-state index < -0.39 is 0 Å². The first-order valence-corrected chi connectivity index (χ1v) is 7.52. The molecule has 4 nitrogen and oxygen atoms in total. The van der Waals surface area contributed by atoms with Crippen molar-refractivity contribution in [1.82, 2.24) is 0 Å². The van der Waals surface area contributed by atoms with E-state index >= 15 is 0 Å². The number of nitrogens with zero attached hydrogens (tertiary/aromatic N) is 1. The van der Waals surface area contributed by atoms with E-state index in [1.54, 1.807) is 32.4 Å². The van der Waals surface area contributed by atoms with Crippen molar-refractivity contribution in [3.8, 4) is 11.5 Å². The van der Waals surface area contributed by atoms with E-state index in [-0.39, 0.29) is 5.91 Å². The summed E-state index contributed by atoms with van der Waals surface area (Å²) >= 11 is 0. The van der Waals surface area contributed by atoms with Crippen molar-refractivity contribution in [2.24, 2.45) is 0 Å². The third-order valence-electron chi connectivity index (χ3n) is 3.95. The maximum Gasteiger partial charge on any atom is 0.251 e. The van der Waals surface area contributed by atoms with E-state index in [1.807, 2.05) is 35.2 Å². The summed E-state index contributed by atoms with van der Waals surface area (Å²) in [5, 5.41) is 0. The zero-order valence-corrected chi connectivity index (χ0v) is 13.3. The van der Waals surface area contributed by atoms with Crippen LogP contribution >= 0.6 is 0 Å². The number of ether oxygens (including phenoxy) is 2. The van der Waals surface area contributed by atoms with Gasteiger partial charge in [-0.2, -0.15) is 0 Å². The Kier molecular flexibility index (Phi) is 4.33. The molecule has 0 spiro atoms. The molecule has 118 valence electrons. The van der Waals surface area contributed by atoms with Gasteiger partial charge < -0.3 is 14.4 Å². The molecule has 0 fully saturated rings. The van der Waals surface area contributed by atoms with Gasteiger partial charge >= 0.3 is 0 Å². The van der Waals surface area contributed by atoms with Crippen LogP contribution in [-0.4, -0.2) is 26.7 Å². The Morgan fingerprint density at radius 1 is 1.09 bits per heavy atom. The van der Waals surface area contributed by atoms with Crippen LogP contribution in [0.25, 0.3) is 6.08 Å². The molecule has 2 aromatic rings. The van der Waals surface area contributed by atoms with E-state index in [0.29, 0.717) is 11.5 Å². The van der Waals surface area contributed by atoms with Crippen LogP contribution in [0.2, 0.25) is 0 Å². The molecule has 0 aromatic heterocycles. The minimum atomic E-state index is -0.0169. The highest BCUT2D eigenvalue weighted by Crippen LogP contribution is 2.28. The van der Waals surface area contributed by atoms with Gasteiger partial charge in [0.1, 0.15) is 11.5 Å². The summed E-state index contributed by atoms with van der Waals surface area (Å²) in [4.78, 5) is 14.3. The quantitative estimate of drug-likeness (QED) is 0.813. The Morgan fingerprint density at radius 3 is 2.48 bits per heavy atom. The van der Waals surface area contributed by atoms with Gasteiger partial charge in [-0.05, 0) is 41.8 Å². The fourth-order valence-corrected chi connectivity index (χ4v) is 2.75. The number of hydrogen-bond donors (Lipinski definition) is 0. The first kappa shape index (κ1) is 15.2. The van der Waals surface area contributed by atoms with Gasteiger partial charge in [-0.1, -0.05) is 18.2 Å². The summed E-state index contributed by atoms with van der Waals surface area (Å²) in [6, 6.07) is 13.6. The molecule has 0 aliphatic carbocycles. The summed E-state index contributed by atoms with van der Waals surface area (Å²) in [5.41, 5.74) is 3.09. The largest absolute Gasteiger partial charge is 0.497 e. The Balaban J connectivity index is 1.79. The molecule has 1 aliphatic rings. The van der Waals surface area contributed by atoms with Crippen LogP contribution in [0.3, 0.4) is 0 Å². The van der Waals surface area contributed by atoms with Gasteiger partial charge in [0.2, 0.25) is 0 Å². The standard InChI is InChI=1S/C19H19NO3/c1-22-16-11-14(12-17(13-16)23-2)7-8-19(21)20-10-9-15-5-3-4-6-18(15)20/h3-8,11-13H,9-10H2,1-2H3. The number of rotatable bonds is 4. The average Bonchev–Trinajstić information content (AvgIpc) is 3.03. The second-order valence-electron chi connectivity index (χ2n) is 5.35. The summed E-state index contributed by atoms with van der Waals surface area (Å²) in [6.07, 6.45) is 4.29. The molecular formula is C19H19NO3. The third kappa shape index (κ3) is 3.21. The average molecular weight is 309 g/mol. The number of carbonyl (C=O) groups is 1. The Hall–Kier alpha value is -2.75. The van der Waals surface area contributed by atoms with Crippen molar-refractivity contribution in [3.05, 3.63) is 59.7 Å². The summed E-state index contributed by atoms with van der Waals surface area (Å²) in [6.45, 7) is 0.726. The number of para-hydroxylation sites is 1. The summed E-state index contributed by atoms with van der Waals surface area (Å²) < 4.78 is 10.5. The summed E-state index contributed by atoms with van der Waals surface area (Å²) in [5.74, 6) is 1.38. The maximum absolute atomic E-state index is 12.5. The van der Waals surface area contributed by atoms with Crippen LogP contribution in [0.15, 0.2) is 48.5 Å². The number of hydrogen-bond acceptors (Lipinski definition) is 3. The Bertz CT molecular complexity index is 730. The highest BCUT2D eigenvalue weighted by molar-refractivity contribution is 6.05. The zero-order valence-electron chi connectivity index (χ0n) is 13.3. The number of amides is 1. The minimum absolute atomic E-state index is 0.0169. The lowest BCUT2D eigenvalue weighted by molar-refractivity contribution is -0.114. The fraction of sp³-hybridized carbons (Fsp3) is 0.211. The minimum Gasteiger partial charge on any atom is -0.497 e. The second kappa shape index (κ2) is 6.57. The van der Waals surface area contributed by atoms with E-state index in [0.717, 1.165) is 24.2 Å². The molecule has 1 aliphatic heterocycles. The van der Waals surface area contributed by atoms with Crippen LogP contribution in [0.4, 0.5) is 5.69 Å². The first-order chi connectivity index (χ1) is 11.2. The van der Waals surface area contributed by atoms with Crippen LogP contribution in [0, 0.1) is 0 Å². The van der Waals surface area contributed by atoms with Crippen molar-refractivity contribution < 1.29 is 14.3 Å². The lowest BCUT2D eigenvalue weighted by Gasteiger charge is -2.14. The number of methoxy groups -OCH3 is 2. The zero-order chi connectivity index (χ0) is 16.2. The number of benzene rings is 2. The van der Waals surface area contributed by atoms with Crippen LogP contribution in [0.5, 0.6) is 11.5 Å². The molecule has 0 radical (unpaired) electrons. The van der Waals surface area contributed by atoms with Gasteiger partial charge in [0.25, 0.3) is 5.91 Å². The molecule has 0 atom stereocenters. The van der Waals surface area contributed by atoms with E-state index in [2.05, 4.69) is 6.07 Å². The first-order valence-electron chi connectivity index (χ1n) is 7.52. The Morgan fingerprint density at radius 2 is 1.78 bits per heavy atom. The molecule has 2 aromatic carbocycles. The van der Waals surface area contributed by atoms with Gasteiger partial charge in [-0.25, -0.2) is 0 Å². The molecule has 4 heteroatoms. The van der Waals surface area contributed by atoms with Gasteiger partial charge in [0, 0.05) is 24.4 Å². The number of fused-ring (bicyclic) bond motifs is 1. The maximum atomic E-state index is 12.5. The number of carbonyl (C=O) groups excluding carboxylic acids is 1. The fourth-order valence-electron chi connectivity index (χ4n) is 2.75. The molecular weight excluding hydrogens is 290 g/mol. The smallest absolute Gasteiger partial charge is 0.251 e. The molecule has 1 amide bonds. The second-order valence-corrected chi connectivity index (χ2v) is 5.35. The number of anilines is 1. The van der Waals surface area contributed by atoms with Gasteiger partial charge in [0.15, 0.2) is 0 Å². The topological polar surface area (TPSA) is 38.8 Å². The molecule has 0 unspecified atom stereocenters.